The van der Waals surface area contributed by atoms with Gasteiger partial charge in [-0.05, 0) is 50.1 Å². The van der Waals surface area contributed by atoms with Gasteiger partial charge < -0.3 is 14.0 Å². The molecule has 0 atom stereocenters. The zero-order valence-electron chi connectivity index (χ0n) is 14.2. The fourth-order valence-corrected chi connectivity index (χ4v) is 2.92. The molecule has 128 valence electrons. The Morgan fingerprint density at radius 3 is 2.56 bits per heavy atom. The minimum Gasteiger partial charge on any atom is -0.465 e. The zero-order chi connectivity index (χ0) is 17.4. The highest BCUT2D eigenvalue weighted by Crippen LogP contribution is 2.40. The van der Waals surface area contributed by atoms with E-state index in [1.807, 2.05) is 12.1 Å². The number of aromatic nitrogens is 3. The predicted octanol–water partition coefficient (Wildman–Crippen LogP) is 3.91. The van der Waals surface area contributed by atoms with Crippen LogP contribution >= 0.6 is 0 Å². The van der Waals surface area contributed by atoms with Gasteiger partial charge in [0.25, 0.3) is 0 Å². The van der Waals surface area contributed by atoms with Crippen LogP contribution in [0.25, 0.3) is 11.2 Å². The number of rotatable bonds is 5. The van der Waals surface area contributed by atoms with Gasteiger partial charge in [0.15, 0.2) is 5.65 Å². The van der Waals surface area contributed by atoms with Crippen molar-refractivity contribution in [2.45, 2.75) is 32.2 Å². The van der Waals surface area contributed by atoms with Crippen molar-refractivity contribution >= 4 is 17.1 Å². The molecular weight excluding hydrogens is 318 g/mol. The number of carbonyl (C=O) groups excluding carboxylic acids is 1. The first-order valence-electron chi connectivity index (χ1n) is 8.43. The number of nitrogens with zero attached hydrogens (tertiary/aromatic N) is 3. The van der Waals surface area contributed by atoms with E-state index in [-0.39, 0.29) is 5.97 Å². The van der Waals surface area contributed by atoms with E-state index in [9.17, 15) is 4.79 Å². The van der Waals surface area contributed by atoms with Gasteiger partial charge in [-0.2, -0.15) is 4.98 Å². The van der Waals surface area contributed by atoms with Crippen molar-refractivity contribution in [3.8, 4) is 11.6 Å². The molecule has 25 heavy (non-hydrogen) atoms. The van der Waals surface area contributed by atoms with Crippen molar-refractivity contribution < 1.29 is 14.3 Å². The van der Waals surface area contributed by atoms with Crippen LogP contribution in [0, 0.1) is 0 Å². The third-order valence-electron chi connectivity index (χ3n) is 4.35. The Kier molecular flexibility index (Phi) is 3.87. The maximum Gasteiger partial charge on any atom is 0.337 e. The van der Waals surface area contributed by atoms with E-state index in [1.54, 1.807) is 24.3 Å². The largest absolute Gasteiger partial charge is 0.465 e. The summed E-state index contributed by atoms with van der Waals surface area (Å²) in [7, 11) is 1.36. The summed E-state index contributed by atoms with van der Waals surface area (Å²) < 4.78 is 12.7. The first-order valence-corrected chi connectivity index (χ1v) is 8.43. The van der Waals surface area contributed by atoms with Crippen LogP contribution in [0.2, 0.25) is 0 Å². The van der Waals surface area contributed by atoms with Crippen LogP contribution in [0.3, 0.4) is 0 Å². The summed E-state index contributed by atoms with van der Waals surface area (Å²) in [5.41, 5.74) is 2.24. The molecule has 0 N–H and O–H groups in total. The van der Waals surface area contributed by atoms with Crippen molar-refractivity contribution in [3.05, 3.63) is 47.8 Å². The van der Waals surface area contributed by atoms with E-state index in [0.29, 0.717) is 23.1 Å². The van der Waals surface area contributed by atoms with Crippen LogP contribution in [0.5, 0.6) is 11.6 Å². The summed E-state index contributed by atoms with van der Waals surface area (Å²) >= 11 is 0. The van der Waals surface area contributed by atoms with E-state index in [1.165, 1.54) is 20.0 Å². The molecule has 0 amide bonds. The molecule has 1 saturated carbocycles. The molecule has 4 rings (SSSR count). The summed E-state index contributed by atoms with van der Waals surface area (Å²) in [6.07, 6.45) is 2.42. The Morgan fingerprint density at radius 2 is 1.92 bits per heavy atom. The maximum absolute atomic E-state index is 11.5. The van der Waals surface area contributed by atoms with Gasteiger partial charge in [-0.25, -0.2) is 9.78 Å². The topological polar surface area (TPSA) is 66.2 Å². The number of carbonyl (C=O) groups is 1. The third-order valence-corrected chi connectivity index (χ3v) is 4.35. The smallest absolute Gasteiger partial charge is 0.337 e. The van der Waals surface area contributed by atoms with Crippen LogP contribution in [0.4, 0.5) is 0 Å². The first kappa shape index (κ1) is 15.6. The van der Waals surface area contributed by atoms with Crippen molar-refractivity contribution in [3.63, 3.8) is 0 Å². The van der Waals surface area contributed by atoms with Crippen LogP contribution in [-0.4, -0.2) is 27.6 Å². The number of esters is 1. The molecule has 2 heterocycles. The van der Waals surface area contributed by atoms with Gasteiger partial charge in [-0.1, -0.05) is 0 Å². The quantitative estimate of drug-likeness (QED) is 0.660. The number of benzene rings is 1. The summed E-state index contributed by atoms with van der Waals surface area (Å²) in [5.74, 6) is 2.46. The molecule has 6 heteroatoms. The lowest BCUT2D eigenvalue weighted by Crippen LogP contribution is -2.01. The molecule has 1 aliphatic rings. The third kappa shape index (κ3) is 2.95. The van der Waals surface area contributed by atoms with E-state index in [0.717, 1.165) is 23.5 Å². The molecule has 0 radical (unpaired) electrons. The zero-order valence-corrected chi connectivity index (χ0v) is 14.2. The highest BCUT2D eigenvalue weighted by atomic mass is 16.5. The molecule has 2 aromatic heterocycles. The number of aryl methyl sites for hydroxylation is 1. The molecule has 1 fully saturated rings. The average molecular weight is 337 g/mol. The van der Waals surface area contributed by atoms with Gasteiger partial charge in [0, 0.05) is 18.5 Å². The summed E-state index contributed by atoms with van der Waals surface area (Å²) in [6, 6.07) is 10.6. The molecule has 1 aliphatic carbocycles. The lowest BCUT2D eigenvalue weighted by Gasteiger charge is -2.07. The van der Waals surface area contributed by atoms with Crippen molar-refractivity contribution in [2.75, 3.05) is 7.11 Å². The van der Waals surface area contributed by atoms with Gasteiger partial charge in [0.2, 0.25) is 5.88 Å². The molecule has 1 aromatic carbocycles. The monoisotopic (exact) mass is 337 g/mol. The number of fused-ring (bicyclic) bond motifs is 1. The molecule has 3 aromatic rings. The molecule has 0 saturated heterocycles. The number of methoxy groups -OCH3 is 1. The van der Waals surface area contributed by atoms with E-state index < -0.39 is 0 Å². The highest BCUT2D eigenvalue weighted by molar-refractivity contribution is 5.89. The van der Waals surface area contributed by atoms with Crippen LogP contribution in [-0.2, 0) is 11.3 Å². The van der Waals surface area contributed by atoms with Crippen LogP contribution < -0.4 is 4.74 Å². The average Bonchev–Trinajstić information content (AvgIpc) is 3.42. The predicted molar refractivity (Wildman–Crippen MR) is 93.0 cm³/mol. The second kappa shape index (κ2) is 6.20. The Labute approximate surface area is 145 Å². The molecule has 0 unspecified atom stereocenters. The minimum atomic E-state index is -0.370. The summed E-state index contributed by atoms with van der Waals surface area (Å²) in [4.78, 5) is 20.8. The number of hydrogen-bond donors (Lipinski definition) is 0. The molecule has 0 bridgehead atoms. The SMILES string of the molecule is CCn1c(C2CC2)nc2ccc(Oc3ccc(C(=O)OC)cc3)nc21. The van der Waals surface area contributed by atoms with E-state index in [4.69, 9.17) is 14.5 Å². The normalized spacial score (nSPS) is 13.8. The first-order chi connectivity index (χ1) is 12.2. The molecular formula is C19H19N3O3. The van der Waals surface area contributed by atoms with Crippen molar-refractivity contribution in [1.82, 2.24) is 14.5 Å². The Hall–Kier alpha value is -2.89. The van der Waals surface area contributed by atoms with Gasteiger partial charge in [-0.15, -0.1) is 0 Å². The second-order valence-electron chi connectivity index (χ2n) is 6.10. The Balaban J connectivity index is 1.62. The Morgan fingerprint density at radius 1 is 1.16 bits per heavy atom. The lowest BCUT2D eigenvalue weighted by molar-refractivity contribution is 0.0600. The standard InChI is InChI=1S/C19H19N3O3/c1-3-22-17(12-4-5-12)20-15-10-11-16(21-18(15)22)25-14-8-6-13(7-9-14)19(23)24-2/h6-12H,3-5H2,1-2H3. The fourth-order valence-electron chi connectivity index (χ4n) is 2.92. The summed E-state index contributed by atoms with van der Waals surface area (Å²) in [6.45, 7) is 2.94. The molecule has 0 aliphatic heterocycles. The van der Waals surface area contributed by atoms with Gasteiger partial charge >= 0.3 is 5.97 Å². The highest BCUT2D eigenvalue weighted by Gasteiger charge is 2.29. The van der Waals surface area contributed by atoms with Crippen molar-refractivity contribution in [1.29, 1.82) is 0 Å². The minimum absolute atomic E-state index is 0.370. The van der Waals surface area contributed by atoms with Crippen LogP contribution in [0.15, 0.2) is 36.4 Å². The fraction of sp³-hybridized carbons (Fsp3) is 0.316. The lowest BCUT2D eigenvalue weighted by atomic mass is 10.2. The number of ether oxygens (including phenoxy) is 2. The number of imidazole rings is 1. The number of hydrogen-bond acceptors (Lipinski definition) is 5. The van der Waals surface area contributed by atoms with Gasteiger partial charge in [-0.3, -0.25) is 0 Å². The van der Waals surface area contributed by atoms with Gasteiger partial charge in [0.1, 0.15) is 17.1 Å². The van der Waals surface area contributed by atoms with E-state index >= 15 is 0 Å². The molecule has 0 spiro atoms. The number of pyridine rings is 1. The van der Waals surface area contributed by atoms with Gasteiger partial charge in [0.05, 0.1) is 12.7 Å². The second-order valence-corrected chi connectivity index (χ2v) is 6.10. The summed E-state index contributed by atoms with van der Waals surface area (Å²) in [5, 5.41) is 0. The van der Waals surface area contributed by atoms with E-state index in [2.05, 4.69) is 16.5 Å². The van der Waals surface area contributed by atoms with Crippen LogP contribution in [0.1, 0.15) is 41.9 Å². The maximum atomic E-state index is 11.5. The Bertz CT molecular complexity index is 927. The van der Waals surface area contributed by atoms with Crippen molar-refractivity contribution in [2.24, 2.45) is 0 Å². The molecule has 6 nitrogen and oxygen atoms in total.